The van der Waals surface area contributed by atoms with Crippen LogP contribution >= 0.6 is 11.8 Å². The molecule has 0 aliphatic carbocycles. The number of amides is 2. The Hall–Kier alpha value is -4.31. The number of benzene rings is 3. The van der Waals surface area contributed by atoms with Gasteiger partial charge in [-0.15, -0.1) is 11.8 Å². The first-order chi connectivity index (χ1) is 19.4. The number of esters is 2. The van der Waals surface area contributed by atoms with Crippen LogP contribution in [0.15, 0.2) is 91.0 Å². The van der Waals surface area contributed by atoms with Crippen molar-refractivity contribution in [2.45, 2.75) is 36.6 Å². The molecule has 1 unspecified atom stereocenters. The van der Waals surface area contributed by atoms with Crippen LogP contribution in [0.25, 0.3) is 0 Å². The average Bonchev–Trinajstić information content (AvgIpc) is 2.98. The van der Waals surface area contributed by atoms with Crippen molar-refractivity contribution in [2.75, 3.05) is 12.4 Å². The van der Waals surface area contributed by atoms with E-state index >= 15 is 0 Å². The predicted molar refractivity (Wildman–Crippen MR) is 147 cm³/mol. The summed E-state index contributed by atoms with van der Waals surface area (Å²) in [6.07, 6.45) is -1.64. The number of para-hydroxylation sites is 1. The van der Waals surface area contributed by atoms with Crippen LogP contribution in [0, 0.1) is 0 Å². The van der Waals surface area contributed by atoms with Crippen LogP contribution in [0.2, 0.25) is 0 Å². The van der Waals surface area contributed by atoms with E-state index in [9.17, 15) is 19.2 Å². The molecule has 9 nitrogen and oxygen atoms in total. The molecule has 3 aromatic carbocycles. The number of hydrogen-bond acceptors (Lipinski definition) is 8. The van der Waals surface area contributed by atoms with Crippen LogP contribution in [-0.4, -0.2) is 64.6 Å². The van der Waals surface area contributed by atoms with E-state index in [4.69, 9.17) is 14.2 Å². The Bertz CT molecular complexity index is 1320. The molecule has 1 N–H and O–H groups in total. The van der Waals surface area contributed by atoms with Gasteiger partial charge in [0.25, 0.3) is 5.91 Å². The Morgan fingerprint density at radius 3 is 2.08 bits per heavy atom. The Morgan fingerprint density at radius 1 is 0.925 bits per heavy atom. The van der Waals surface area contributed by atoms with Gasteiger partial charge < -0.3 is 24.4 Å². The standard InChI is InChI=1S/C30H28N2O7S/c1-19(33)38-23-18-40-29-25(31-24(34)17-37-22-15-9-4-10-16-22)28(35)32(29)26(23)30(36)39-27(20-11-5-2-6-12-20)21-13-7-3-8-14-21/h2-16,23,25-27,29H,17-18H2,1H3,(H,31,34)/t23?,25-,26-,29-/m1/s1. The van der Waals surface area contributed by atoms with Crippen LogP contribution in [0.4, 0.5) is 0 Å². The number of carbonyl (C=O) groups excluding carboxylic acids is 4. The number of carbonyl (C=O) groups is 4. The Morgan fingerprint density at radius 2 is 1.50 bits per heavy atom. The van der Waals surface area contributed by atoms with Gasteiger partial charge in [-0.05, 0) is 23.3 Å². The lowest BCUT2D eigenvalue weighted by molar-refractivity contribution is -0.178. The van der Waals surface area contributed by atoms with Crippen LogP contribution in [-0.2, 0) is 28.7 Å². The lowest BCUT2D eigenvalue weighted by atomic mass is 9.98. The third kappa shape index (κ3) is 5.96. The second kappa shape index (κ2) is 12.3. The maximum absolute atomic E-state index is 13.7. The third-order valence-electron chi connectivity index (χ3n) is 6.59. The molecule has 2 fully saturated rings. The number of rotatable bonds is 9. The van der Waals surface area contributed by atoms with E-state index in [1.807, 2.05) is 66.7 Å². The SMILES string of the molecule is CC(=O)OC1CS[C@@H]2[C@H](NC(=O)COc3ccccc3)C(=O)N2[C@H]1C(=O)OC(c1ccccc1)c1ccccc1. The summed E-state index contributed by atoms with van der Waals surface area (Å²) in [5.74, 6) is -1.40. The highest BCUT2D eigenvalue weighted by Crippen LogP contribution is 2.40. The molecule has 2 aliphatic heterocycles. The molecule has 2 saturated heterocycles. The number of ether oxygens (including phenoxy) is 3. The highest BCUT2D eigenvalue weighted by Gasteiger charge is 2.59. The monoisotopic (exact) mass is 560 g/mol. The topological polar surface area (TPSA) is 111 Å². The quantitative estimate of drug-likeness (QED) is 0.314. The van der Waals surface area contributed by atoms with Crippen molar-refractivity contribution in [3.63, 3.8) is 0 Å². The summed E-state index contributed by atoms with van der Waals surface area (Å²) in [5.41, 5.74) is 1.51. The van der Waals surface area contributed by atoms with Gasteiger partial charge >= 0.3 is 11.9 Å². The minimum Gasteiger partial charge on any atom is -0.484 e. The second-order valence-corrected chi connectivity index (χ2v) is 10.5. The Labute approximate surface area is 235 Å². The predicted octanol–water partition coefficient (Wildman–Crippen LogP) is 3.10. The summed E-state index contributed by atoms with van der Waals surface area (Å²) < 4.78 is 17.0. The van der Waals surface area contributed by atoms with Gasteiger partial charge in [-0.1, -0.05) is 78.9 Å². The fourth-order valence-corrected chi connectivity index (χ4v) is 6.19. The molecule has 0 saturated carbocycles. The van der Waals surface area contributed by atoms with Crippen molar-refractivity contribution in [1.29, 1.82) is 0 Å². The molecule has 0 aromatic heterocycles. The minimum atomic E-state index is -1.16. The average molecular weight is 561 g/mol. The van der Waals surface area contributed by atoms with Gasteiger partial charge in [-0.3, -0.25) is 14.4 Å². The molecule has 10 heteroatoms. The molecule has 2 aliphatic rings. The summed E-state index contributed by atoms with van der Waals surface area (Å²) in [7, 11) is 0. The van der Waals surface area contributed by atoms with Crippen LogP contribution < -0.4 is 10.1 Å². The maximum Gasteiger partial charge on any atom is 0.333 e. The number of β-lactam (4-membered cyclic amide) rings is 1. The number of nitrogens with one attached hydrogen (secondary N) is 1. The first kappa shape index (κ1) is 27.3. The van der Waals surface area contributed by atoms with Crippen LogP contribution in [0.3, 0.4) is 0 Å². The molecule has 206 valence electrons. The Kier molecular flexibility index (Phi) is 8.35. The van der Waals surface area contributed by atoms with E-state index in [-0.39, 0.29) is 12.4 Å². The van der Waals surface area contributed by atoms with Gasteiger partial charge in [-0.2, -0.15) is 0 Å². The van der Waals surface area contributed by atoms with E-state index in [0.29, 0.717) is 5.75 Å². The summed E-state index contributed by atoms with van der Waals surface area (Å²) in [6, 6.07) is 25.4. The van der Waals surface area contributed by atoms with E-state index in [2.05, 4.69) is 5.32 Å². The zero-order chi connectivity index (χ0) is 28.1. The fourth-order valence-electron chi connectivity index (χ4n) is 4.78. The van der Waals surface area contributed by atoms with Crippen molar-refractivity contribution in [2.24, 2.45) is 0 Å². The third-order valence-corrected chi connectivity index (χ3v) is 7.95. The molecular weight excluding hydrogens is 532 g/mol. The van der Waals surface area contributed by atoms with Crippen molar-refractivity contribution in [3.05, 3.63) is 102 Å². The summed E-state index contributed by atoms with van der Waals surface area (Å²) in [5, 5.41) is 2.18. The number of thioether (sulfide) groups is 1. The highest BCUT2D eigenvalue weighted by molar-refractivity contribution is 8.00. The normalized spacial score (nSPS) is 21.6. The number of hydrogen-bond donors (Lipinski definition) is 1. The number of nitrogens with zero attached hydrogens (tertiary/aromatic N) is 1. The maximum atomic E-state index is 13.7. The molecule has 2 amide bonds. The van der Waals surface area contributed by atoms with Crippen molar-refractivity contribution in [3.8, 4) is 5.75 Å². The molecule has 0 spiro atoms. The van der Waals surface area contributed by atoms with E-state index in [1.54, 1.807) is 24.3 Å². The lowest BCUT2D eigenvalue weighted by Crippen LogP contribution is -2.77. The molecule has 0 radical (unpaired) electrons. The molecule has 5 rings (SSSR count). The van der Waals surface area contributed by atoms with Crippen molar-refractivity contribution < 1.29 is 33.4 Å². The lowest BCUT2D eigenvalue weighted by Gasteiger charge is -2.54. The molecular formula is C30H28N2O7S. The van der Waals surface area contributed by atoms with Gasteiger partial charge in [0.2, 0.25) is 5.91 Å². The molecule has 0 bridgehead atoms. The van der Waals surface area contributed by atoms with Crippen molar-refractivity contribution in [1.82, 2.24) is 10.2 Å². The van der Waals surface area contributed by atoms with E-state index in [1.165, 1.54) is 23.6 Å². The van der Waals surface area contributed by atoms with Gasteiger partial charge in [0.05, 0.1) is 0 Å². The van der Waals surface area contributed by atoms with Gasteiger partial charge in [0.1, 0.15) is 23.3 Å². The zero-order valence-corrected chi connectivity index (χ0v) is 22.5. The van der Waals surface area contributed by atoms with E-state index in [0.717, 1.165) is 11.1 Å². The summed E-state index contributed by atoms with van der Waals surface area (Å²) in [6.45, 7) is 0.992. The second-order valence-electron chi connectivity index (χ2n) is 9.35. The molecule has 4 atom stereocenters. The first-order valence-corrected chi connectivity index (χ1v) is 13.9. The smallest absolute Gasteiger partial charge is 0.333 e. The van der Waals surface area contributed by atoms with Crippen LogP contribution in [0.1, 0.15) is 24.2 Å². The summed E-state index contributed by atoms with van der Waals surface area (Å²) in [4.78, 5) is 52.8. The minimum absolute atomic E-state index is 0.252. The molecule has 2 heterocycles. The largest absolute Gasteiger partial charge is 0.484 e. The molecule has 3 aromatic rings. The number of fused-ring (bicyclic) bond motifs is 1. The highest BCUT2D eigenvalue weighted by atomic mass is 32.2. The van der Waals surface area contributed by atoms with Crippen LogP contribution in [0.5, 0.6) is 5.75 Å². The first-order valence-electron chi connectivity index (χ1n) is 12.8. The van der Waals surface area contributed by atoms with E-state index < -0.39 is 53.4 Å². The zero-order valence-electron chi connectivity index (χ0n) is 21.7. The summed E-state index contributed by atoms with van der Waals surface area (Å²) >= 11 is 1.33. The van der Waals surface area contributed by atoms with Gasteiger partial charge in [-0.25, -0.2) is 4.79 Å². The molecule has 40 heavy (non-hydrogen) atoms. The van der Waals surface area contributed by atoms with Gasteiger partial charge in [0.15, 0.2) is 18.8 Å². The fraction of sp³-hybridized carbons (Fsp3) is 0.267. The van der Waals surface area contributed by atoms with Gasteiger partial charge in [0, 0.05) is 12.7 Å². The van der Waals surface area contributed by atoms with Crippen molar-refractivity contribution >= 4 is 35.5 Å². The Balaban J connectivity index is 1.32.